The van der Waals surface area contributed by atoms with Crippen LogP contribution in [0.4, 0.5) is 5.69 Å². The van der Waals surface area contributed by atoms with Gasteiger partial charge in [-0.05, 0) is 22.9 Å². The van der Waals surface area contributed by atoms with E-state index in [1.807, 2.05) is 30.3 Å². The Morgan fingerprint density at radius 1 is 1.00 bits per heavy atom. The molecule has 130 valence electrons. The summed E-state index contributed by atoms with van der Waals surface area (Å²) in [5.74, 6) is -1.28. The summed E-state index contributed by atoms with van der Waals surface area (Å²) in [5.41, 5.74) is -0.0453. The number of carbonyl (C=O) groups is 2. The van der Waals surface area contributed by atoms with Gasteiger partial charge in [0.15, 0.2) is 12.4 Å². The molecule has 26 heavy (non-hydrogen) atoms. The van der Waals surface area contributed by atoms with E-state index in [1.165, 1.54) is 12.1 Å². The normalized spacial score (nSPS) is 10.5. The third-order valence-electron chi connectivity index (χ3n) is 3.79. The molecule has 0 saturated heterocycles. The van der Waals surface area contributed by atoms with Crippen molar-refractivity contribution in [2.45, 2.75) is 0 Å². The number of ether oxygens (including phenoxy) is 1. The van der Waals surface area contributed by atoms with Crippen molar-refractivity contribution in [1.82, 2.24) is 0 Å². The van der Waals surface area contributed by atoms with Crippen LogP contribution in [0.25, 0.3) is 10.8 Å². The van der Waals surface area contributed by atoms with Crippen molar-refractivity contribution in [1.29, 1.82) is 0 Å². The second-order valence-electron chi connectivity index (χ2n) is 5.48. The molecule has 0 heterocycles. The van der Waals surface area contributed by atoms with E-state index in [4.69, 9.17) is 16.3 Å². The fourth-order valence-electron chi connectivity index (χ4n) is 2.44. The number of nitrogens with zero attached hydrogens (tertiary/aromatic N) is 1. The molecular formula is C19H12ClNO5. The third-order valence-corrected chi connectivity index (χ3v) is 4.12. The summed E-state index contributed by atoms with van der Waals surface area (Å²) >= 11 is 5.89. The predicted molar refractivity (Wildman–Crippen MR) is 96.7 cm³/mol. The lowest BCUT2D eigenvalue weighted by molar-refractivity contribution is -0.384. The van der Waals surface area contributed by atoms with Crippen molar-refractivity contribution in [3.8, 4) is 0 Å². The van der Waals surface area contributed by atoms with Crippen LogP contribution in [0.3, 0.4) is 0 Å². The monoisotopic (exact) mass is 369 g/mol. The number of ketones is 1. The van der Waals surface area contributed by atoms with Crippen molar-refractivity contribution in [3.63, 3.8) is 0 Å². The highest BCUT2D eigenvalue weighted by Gasteiger charge is 2.18. The number of nitro groups is 1. The molecular weight excluding hydrogens is 358 g/mol. The first kappa shape index (κ1) is 17.6. The highest BCUT2D eigenvalue weighted by atomic mass is 35.5. The SMILES string of the molecule is O=C(COC(=O)c1cc([N+](=O)[O-])ccc1Cl)c1ccc2ccccc2c1. The van der Waals surface area contributed by atoms with Crippen LogP contribution >= 0.6 is 11.6 Å². The first-order chi connectivity index (χ1) is 12.5. The van der Waals surface area contributed by atoms with Gasteiger partial charge in [0.2, 0.25) is 0 Å². The summed E-state index contributed by atoms with van der Waals surface area (Å²) in [6.45, 7) is -0.490. The van der Waals surface area contributed by atoms with Crippen molar-refractivity contribution in [2.75, 3.05) is 6.61 Å². The number of nitro benzene ring substituents is 1. The van der Waals surface area contributed by atoms with E-state index in [-0.39, 0.29) is 22.1 Å². The molecule has 0 aliphatic rings. The summed E-state index contributed by atoms with van der Waals surface area (Å²) in [4.78, 5) is 34.5. The Morgan fingerprint density at radius 2 is 1.73 bits per heavy atom. The summed E-state index contributed by atoms with van der Waals surface area (Å²) < 4.78 is 4.98. The number of benzene rings is 3. The zero-order valence-electron chi connectivity index (χ0n) is 13.3. The number of Topliss-reactive ketones (excluding diaryl/α,β-unsaturated/α-hetero) is 1. The van der Waals surface area contributed by atoms with E-state index in [0.717, 1.165) is 16.8 Å². The molecule has 0 N–H and O–H groups in total. The average molecular weight is 370 g/mol. The van der Waals surface area contributed by atoms with Gasteiger partial charge < -0.3 is 4.74 Å². The van der Waals surface area contributed by atoms with Crippen LogP contribution < -0.4 is 0 Å². The highest BCUT2D eigenvalue weighted by Crippen LogP contribution is 2.23. The van der Waals surface area contributed by atoms with Crippen LogP contribution in [0.15, 0.2) is 60.7 Å². The zero-order valence-corrected chi connectivity index (χ0v) is 14.1. The first-order valence-electron chi connectivity index (χ1n) is 7.59. The molecule has 0 atom stereocenters. The lowest BCUT2D eigenvalue weighted by Gasteiger charge is -2.07. The Bertz CT molecular complexity index is 1030. The number of non-ortho nitro benzene ring substituents is 1. The van der Waals surface area contributed by atoms with E-state index in [0.29, 0.717) is 5.56 Å². The van der Waals surface area contributed by atoms with Crippen molar-refractivity contribution in [2.24, 2.45) is 0 Å². The van der Waals surface area contributed by atoms with Crippen LogP contribution in [0.5, 0.6) is 0 Å². The van der Waals surface area contributed by atoms with Gasteiger partial charge in [-0.15, -0.1) is 0 Å². The number of fused-ring (bicyclic) bond motifs is 1. The fraction of sp³-hybridized carbons (Fsp3) is 0.0526. The molecule has 0 amide bonds. The van der Waals surface area contributed by atoms with E-state index in [9.17, 15) is 19.7 Å². The molecule has 0 aromatic heterocycles. The molecule has 0 unspecified atom stereocenters. The fourth-order valence-corrected chi connectivity index (χ4v) is 2.63. The lowest BCUT2D eigenvalue weighted by atomic mass is 10.0. The third kappa shape index (κ3) is 3.70. The Hall–Kier alpha value is -3.25. The molecule has 3 aromatic rings. The Labute approximate surface area is 153 Å². The van der Waals surface area contributed by atoms with Gasteiger partial charge in [-0.1, -0.05) is 48.0 Å². The molecule has 6 nitrogen and oxygen atoms in total. The highest BCUT2D eigenvalue weighted by molar-refractivity contribution is 6.33. The average Bonchev–Trinajstić information content (AvgIpc) is 2.65. The molecule has 3 aromatic carbocycles. The second-order valence-corrected chi connectivity index (χ2v) is 5.89. The number of halogens is 1. The molecule has 0 spiro atoms. The maximum absolute atomic E-state index is 12.3. The van der Waals surface area contributed by atoms with Crippen LogP contribution in [-0.2, 0) is 4.74 Å². The smallest absolute Gasteiger partial charge is 0.340 e. The van der Waals surface area contributed by atoms with Gasteiger partial charge in [-0.25, -0.2) is 4.79 Å². The van der Waals surface area contributed by atoms with Gasteiger partial charge >= 0.3 is 5.97 Å². The van der Waals surface area contributed by atoms with E-state index >= 15 is 0 Å². The number of rotatable bonds is 5. The van der Waals surface area contributed by atoms with Crippen molar-refractivity contribution < 1.29 is 19.2 Å². The molecule has 7 heteroatoms. The Morgan fingerprint density at radius 3 is 2.46 bits per heavy atom. The van der Waals surface area contributed by atoms with Crippen LogP contribution in [-0.4, -0.2) is 23.3 Å². The van der Waals surface area contributed by atoms with E-state index in [1.54, 1.807) is 12.1 Å². The summed E-state index contributed by atoms with van der Waals surface area (Å²) in [6, 6.07) is 16.2. The number of hydrogen-bond acceptors (Lipinski definition) is 5. The van der Waals surface area contributed by atoms with Crippen LogP contribution in [0.1, 0.15) is 20.7 Å². The minimum Gasteiger partial charge on any atom is -0.454 e. The van der Waals surface area contributed by atoms with Gasteiger partial charge in [-0.3, -0.25) is 14.9 Å². The number of esters is 1. The van der Waals surface area contributed by atoms with Gasteiger partial charge in [0.05, 0.1) is 15.5 Å². The maximum Gasteiger partial charge on any atom is 0.340 e. The predicted octanol–water partition coefficient (Wildman–Crippen LogP) is 4.44. The summed E-state index contributed by atoms with van der Waals surface area (Å²) in [7, 11) is 0. The minimum absolute atomic E-state index is 0.0127. The van der Waals surface area contributed by atoms with E-state index < -0.39 is 17.5 Å². The van der Waals surface area contributed by atoms with Gasteiger partial charge in [0.25, 0.3) is 5.69 Å². The van der Waals surface area contributed by atoms with Crippen molar-refractivity contribution >= 4 is 39.8 Å². The largest absolute Gasteiger partial charge is 0.454 e. The van der Waals surface area contributed by atoms with Crippen LogP contribution in [0, 0.1) is 10.1 Å². The zero-order chi connectivity index (χ0) is 18.7. The number of carbonyl (C=O) groups excluding carboxylic acids is 2. The van der Waals surface area contributed by atoms with Gasteiger partial charge in [0.1, 0.15) is 0 Å². The molecule has 3 rings (SSSR count). The maximum atomic E-state index is 12.3. The van der Waals surface area contributed by atoms with Crippen LogP contribution in [0.2, 0.25) is 5.02 Å². The molecule has 0 fully saturated rings. The van der Waals surface area contributed by atoms with Gasteiger partial charge in [-0.2, -0.15) is 0 Å². The Balaban J connectivity index is 1.73. The topological polar surface area (TPSA) is 86.5 Å². The molecule has 0 aliphatic carbocycles. The minimum atomic E-state index is -0.896. The summed E-state index contributed by atoms with van der Waals surface area (Å²) in [5, 5.41) is 12.7. The second kappa shape index (κ2) is 7.33. The molecule has 0 radical (unpaired) electrons. The van der Waals surface area contributed by atoms with E-state index in [2.05, 4.69) is 0 Å². The quantitative estimate of drug-likeness (QED) is 0.287. The lowest BCUT2D eigenvalue weighted by Crippen LogP contribution is -2.14. The summed E-state index contributed by atoms with van der Waals surface area (Å²) in [6.07, 6.45) is 0. The van der Waals surface area contributed by atoms with Gasteiger partial charge in [0, 0.05) is 17.7 Å². The number of hydrogen-bond donors (Lipinski definition) is 0. The standard InChI is InChI=1S/C19H12ClNO5/c20-17-8-7-15(21(24)25)10-16(17)19(23)26-11-18(22)14-6-5-12-3-1-2-4-13(12)9-14/h1-10H,11H2. The molecule has 0 aliphatic heterocycles. The molecule has 0 saturated carbocycles. The molecule has 0 bridgehead atoms. The first-order valence-corrected chi connectivity index (χ1v) is 7.96. The van der Waals surface area contributed by atoms with Crippen molar-refractivity contribution in [3.05, 3.63) is 86.9 Å². The Kier molecular flexibility index (Phi) is 4.95.